The van der Waals surface area contributed by atoms with Crippen LogP contribution < -0.4 is 0 Å². The summed E-state index contributed by atoms with van der Waals surface area (Å²) in [6.07, 6.45) is -0.594. The molecule has 1 aromatic carbocycles. The first kappa shape index (κ1) is 17.1. The lowest BCUT2D eigenvalue weighted by molar-refractivity contribution is 0.199. The van der Waals surface area contributed by atoms with Gasteiger partial charge in [-0.05, 0) is 44.4 Å². The van der Waals surface area contributed by atoms with Crippen LogP contribution in [-0.2, 0) is 10.0 Å². The van der Waals surface area contributed by atoms with E-state index in [0.29, 0.717) is 12.1 Å². The van der Waals surface area contributed by atoms with Crippen molar-refractivity contribution in [3.05, 3.63) is 29.8 Å². The van der Waals surface area contributed by atoms with E-state index in [1.54, 1.807) is 31.2 Å². The highest BCUT2D eigenvalue weighted by atomic mass is 32.2. The first-order valence-electron chi connectivity index (χ1n) is 6.96. The molecule has 5 heteroatoms. The number of sulfonamides is 1. The Morgan fingerprint density at radius 1 is 1.05 bits per heavy atom. The Bertz CT molecular complexity index is 519. The molecular formula is C15H25NO3S. The maximum atomic E-state index is 12.7. The van der Waals surface area contributed by atoms with Crippen LogP contribution in [0.5, 0.6) is 0 Å². The van der Waals surface area contributed by atoms with E-state index >= 15 is 0 Å². The summed E-state index contributed by atoms with van der Waals surface area (Å²) in [5, 5.41) is 9.47. The standard InChI is InChI=1S/C15H25NO3S/c1-11(2)10-16(12(3)4)20(18,19)15-8-6-14(7-9-15)13(5)17/h6-9,11-13,17H,10H2,1-5H3. The molecule has 0 aromatic heterocycles. The van der Waals surface area contributed by atoms with Crippen LogP contribution in [0.25, 0.3) is 0 Å². The molecule has 0 saturated heterocycles. The van der Waals surface area contributed by atoms with Gasteiger partial charge in [-0.15, -0.1) is 0 Å². The number of benzene rings is 1. The average molecular weight is 299 g/mol. The highest BCUT2D eigenvalue weighted by molar-refractivity contribution is 7.89. The van der Waals surface area contributed by atoms with Gasteiger partial charge >= 0.3 is 0 Å². The third-order valence-electron chi connectivity index (χ3n) is 3.09. The SMILES string of the molecule is CC(C)CN(C(C)C)S(=O)(=O)c1ccc(C(C)O)cc1. The molecule has 1 aromatic rings. The van der Waals surface area contributed by atoms with Crippen LogP contribution >= 0.6 is 0 Å². The first-order chi connectivity index (χ1) is 9.16. The number of hydrogen-bond donors (Lipinski definition) is 1. The van der Waals surface area contributed by atoms with Gasteiger partial charge in [0.05, 0.1) is 11.0 Å². The molecule has 20 heavy (non-hydrogen) atoms. The number of aliphatic hydroxyl groups excluding tert-OH is 1. The van der Waals surface area contributed by atoms with E-state index in [4.69, 9.17) is 0 Å². The lowest BCUT2D eigenvalue weighted by Gasteiger charge is -2.27. The van der Waals surface area contributed by atoms with Crippen molar-refractivity contribution in [1.82, 2.24) is 4.31 Å². The minimum atomic E-state index is -3.49. The van der Waals surface area contributed by atoms with Crippen molar-refractivity contribution < 1.29 is 13.5 Å². The van der Waals surface area contributed by atoms with Crippen molar-refractivity contribution >= 4 is 10.0 Å². The summed E-state index contributed by atoms with van der Waals surface area (Å²) < 4.78 is 26.8. The molecule has 0 radical (unpaired) electrons. The zero-order valence-corrected chi connectivity index (χ0v) is 13.7. The van der Waals surface area contributed by atoms with Gasteiger partial charge in [0.25, 0.3) is 0 Å². The van der Waals surface area contributed by atoms with E-state index < -0.39 is 16.1 Å². The lowest BCUT2D eigenvalue weighted by atomic mass is 10.1. The minimum Gasteiger partial charge on any atom is -0.389 e. The fourth-order valence-corrected chi connectivity index (χ4v) is 3.80. The van der Waals surface area contributed by atoms with E-state index in [9.17, 15) is 13.5 Å². The van der Waals surface area contributed by atoms with Gasteiger partial charge in [0, 0.05) is 12.6 Å². The van der Waals surface area contributed by atoms with Gasteiger partial charge in [0.15, 0.2) is 0 Å². The first-order valence-corrected chi connectivity index (χ1v) is 8.40. The molecule has 0 aliphatic heterocycles. The maximum Gasteiger partial charge on any atom is 0.243 e. The number of hydrogen-bond acceptors (Lipinski definition) is 3. The number of aliphatic hydroxyl groups is 1. The maximum absolute atomic E-state index is 12.7. The van der Waals surface area contributed by atoms with Crippen molar-refractivity contribution in [1.29, 1.82) is 0 Å². The van der Waals surface area contributed by atoms with Crippen LogP contribution in [0.2, 0.25) is 0 Å². The molecule has 0 saturated carbocycles. The quantitative estimate of drug-likeness (QED) is 0.878. The van der Waals surface area contributed by atoms with Gasteiger partial charge in [-0.25, -0.2) is 8.42 Å². The second-order valence-corrected chi connectivity index (χ2v) is 7.70. The largest absolute Gasteiger partial charge is 0.389 e. The van der Waals surface area contributed by atoms with Gasteiger partial charge in [-0.2, -0.15) is 4.31 Å². The predicted octanol–water partition coefficient (Wildman–Crippen LogP) is 2.80. The van der Waals surface area contributed by atoms with Gasteiger partial charge in [0.1, 0.15) is 0 Å². The Morgan fingerprint density at radius 3 is 1.90 bits per heavy atom. The third-order valence-corrected chi connectivity index (χ3v) is 5.15. The van der Waals surface area contributed by atoms with E-state index in [-0.39, 0.29) is 16.9 Å². The molecule has 0 heterocycles. The van der Waals surface area contributed by atoms with Gasteiger partial charge < -0.3 is 5.11 Å². The summed E-state index contributed by atoms with van der Waals surface area (Å²) in [6, 6.07) is 6.36. The summed E-state index contributed by atoms with van der Waals surface area (Å²) in [6.45, 7) is 9.91. The third kappa shape index (κ3) is 4.04. The molecule has 0 spiro atoms. The average Bonchev–Trinajstić information content (AvgIpc) is 2.35. The molecule has 0 aliphatic carbocycles. The van der Waals surface area contributed by atoms with Crippen molar-refractivity contribution in [2.24, 2.45) is 5.92 Å². The van der Waals surface area contributed by atoms with Crippen LogP contribution in [0.4, 0.5) is 0 Å². The zero-order valence-electron chi connectivity index (χ0n) is 12.9. The monoisotopic (exact) mass is 299 g/mol. The minimum absolute atomic E-state index is 0.0844. The van der Waals surface area contributed by atoms with E-state index in [1.807, 2.05) is 27.7 Å². The molecule has 0 amide bonds. The number of rotatable bonds is 6. The van der Waals surface area contributed by atoms with Gasteiger partial charge in [-0.1, -0.05) is 26.0 Å². The lowest BCUT2D eigenvalue weighted by Crippen LogP contribution is -2.39. The van der Waals surface area contributed by atoms with Crippen LogP contribution in [0.3, 0.4) is 0 Å². The molecular weight excluding hydrogens is 274 g/mol. The summed E-state index contributed by atoms with van der Waals surface area (Å²) in [7, 11) is -3.49. The molecule has 1 N–H and O–H groups in total. The normalized spacial score (nSPS) is 14.2. The smallest absolute Gasteiger partial charge is 0.243 e. The molecule has 1 unspecified atom stereocenters. The molecule has 1 atom stereocenters. The Hall–Kier alpha value is -0.910. The Balaban J connectivity index is 3.13. The van der Waals surface area contributed by atoms with E-state index in [1.165, 1.54) is 4.31 Å². The molecule has 114 valence electrons. The fraction of sp³-hybridized carbons (Fsp3) is 0.600. The molecule has 0 bridgehead atoms. The predicted molar refractivity (Wildman–Crippen MR) is 80.9 cm³/mol. The van der Waals surface area contributed by atoms with Crippen LogP contribution in [-0.4, -0.2) is 30.4 Å². The molecule has 4 nitrogen and oxygen atoms in total. The van der Waals surface area contributed by atoms with E-state index in [0.717, 1.165) is 0 Å². The van der Waals surface area contributed by atoms with Gasteiger partial charge in [0.2, 0.25) is 10.0 Å². The van der Waals surface area contributed by atoms with Crippen molar-refractivity contribution in [2.75, 3.05) is 6.54 Å². The van der Waals surface area contributed by atoms with Gasteiger partial charge in [-0.3, -0.25) is 0 Å². The van der Waals surface area contributed by atoms with E-state index in [2.05, 4.69) is 0 Å². The Labute approximate surface area is 122 Å². The number of nitrogens with zero attached hydrogens (tertiary/aromatic N) is 1. The topological polar surface area (TPSA) is 57.6 Å². The second-order valence-electron chi connectivity index (χ2n) is 5.81. The molecule has 0 fully saturated rings. The van der Waals surface area contributed by atoms with Crippen LogP contribution in [0, 0.1) is 5.92 Å². The summed E-state index contributed by atoms with van der Waals surface area (Å²) in [5.74, 6) is 0.268. The highest BCUT2D eigenvalue weighted by Gasteiger charge is 2.27. The summed E-state index contributed by atoms with van der Waals surface area (Å²) in [5.41, 5.74) is 0.712. The van der Waals surface area contributed by atoms with Crippen molar-refractivity contribution in [3.63, 3.8) is 0 Å². The Morgan fingerprint density at radius 2 is 1.55 bits per heavy atom. The molecule has 0 aliphatic rings. The molecule has 1 rings (SSSR count). The van der Waals surface area contributed by atoms with Crippen molar-refractivity contribution in [2.45, 2.75) is 51.7 Å². The van der Waals surface area contributed by atoms with Crippen LogP contribution in [0.1, 0.15) is 46.3 Å². The summed E-state index contributed by atoms with van der Waals surface area (Å²) >= 11 is 0. The zero-order chi connectivity index (χ0) is 15.5. The fourth-order valence-electron chi connectivity index (χ4n) is 2.00. The second kappa shape index (κ2) is 6.70. The van der Waals surface area contributed by atoms with Crippen molar-refractivity contribution in [3.8, 4) is 0 Å². The summed E-state index contributed by atoms with van der Waals surface area (Å²) in [4.78, 5) is 0.274. The Kier molecular flexibility index (Phi) is 5.74. The highest BCUT2D eigenvalue weighted by Crippen LogP contribution is 2.22. The van der Waals surface area contributed by atoms with Crippen LogP contribution in [0.15, 0.2) is 29.2 Å².